The molecule has 5 nitrogen and oxygen atoms in total. The second kappa shape index (κ2) is 4.73. The van der Waals surface area contributed by atoms with Crippen LogP contribution in [0.25, 0.3) is 0 Å². The van der Waals surface area contributed by atoms with Crippen molar-refractivity contribution < 1.29 is 14.0 Å². The van der Waals surface area contributed by atoms with E-state index in [0.29, 0.717) is 25.4 Å². The molecular weight excluding hydrogens is 288 g/mol. The van der Waals surface area contributed by atoms with E-state index in [4.69, 9.17) is 4.42 Å². The maximum Gasteiger partial charge on any atom is 0.289 e. The first kappa shape index (κ1) is 12.6. The molecule has 2 aromatic heterocycles. The van der Waals surface area contributed by atoms with Gasteiger partial charge in [-0.2, -0.15) is 11.3 Å². The molecule has 4 rings (SSSR count). The molecule has 21 heavy (non-hydrogen) atoms. The summed E-state index contributed by atoms with van der Waals surface area (Å²) in [6.07, 6.45) is 1.49. The van der Waals surface area contributed by atoms with Crippen LogP contribution in [0.1, 0.15) is 10.6 Å². The number of rotatable bonds is 2. The molecule has 6 heteroatoms. The zero-order valence-corrected chi connectivity index (χ0v) is 12.1. The van der Waals surface area contributed by atoms with Crippen LogP contribution in [0.5, 0.6) is 0 Å². The van der Waals surface area contributed by atoms with Gasteiger partial charge in [0.05, 0.1) is 17.9 Å². The van der Waals surface area contributed by atoms with E-state index in [-0.39, 0.29) is 23.7 Å². The number of amides is 2. The highest BCUT2D eigenvalue weighted by Gasteiger charge is 2.48. The second-order valence-electron chi connectivity index (χ2n) is 5.48. The number of nitrogens with zero attached hydrogens (tertiary/aromatic N) is 2. The predicted molar refractivity (Wildman–Crippen MR) is 78.3 cm³/mol. The van der Waals surface area contributed by atoms with Crippen LogP contribution in [-0.4, -0.2) is 36.3 Å². The van der Waals surface area contributed by atoms with E-state index in [9.17, 15) is 9.59 Å². The summed E-state index contributed by atoms with van der Waals surface area (Å²) in [6.45, 7) is 1.81. The lowest BCUT2D eigenvalue weighted by atomic mass is 10.0. The minimum atomic E-state index is -0.121. The maximum absolute atomic E-state index is 12.5. The van der Waals surface area contributed by atoms with Gasteiger partial charge in [-0.25, -0.2) is 0 Å². The van der Waals surface area contributed by atoms with Crippen LogP contribution in [0.2, 0.25) is 0 Å². The standard InChI is InChI=1S/C15H14N2O3S/c18-14-12-8-16(15(19)13-2-1-4-20-13)6-10(12)7-17(14)11-3-5-21-9-11/h1-5,9-10,12H,6-8H2/t10-,12-/m0/s1. The predicted octanol–water partition coefficient (Wildman–Crippen LogP) is 2.08. The Balaban J connectivity index is 1.50. The quantitative estimate of drug-likeness (QED) is 0.853. The third kappa shape index (κ3) is 1.98. The third-order valence-corrected chi connectivity index (χ3v) is 4.95. The van der Waals surface area contributed by atoms with E-state index in [2.05, 4.69) is 0 Å². The molecule has 0 unspecified atom stereocenters. The van der Waals surface area contributed by atoms with Crippen molar-refractivity contribution in [2.75, 3.05) is 24.5 Å². The molecule has 0 aliphatic carbocycles. The Morgan fingerprint density at radius 3 is 2.86 bits per heavy atom. The minimum absolute atomic E-state index is 0.0798. The molecule has 2 atom stereocenters. The molecule has 0 bridgehead atoms. The largest absolute Gasteiger partial charge is 0.459 e. The summed E-state index contributed by atoms with van der Waals surface area (Å²) in [4.78, 5) is 28.4. The fourth-order valence-electron chi connectivity index (χ4n) is 3.23. The molecule has 0 saturated carbocycles. The van der Waals surface area contributed by atoms with Crippen molar-refractivity contribution >= 4 is 28.8 Å². The Hall–Kier alpha value is -2.08. The van der Waals surface area contributed by atoms with Crippen LogP contribution < -0.4 is 4.90 Å². The van der Waals surface area contributed by atoms with Gasteiger partial charge < -0.3 is 14.2 Å². The van der Waals surface area contributed by atoms with Crippen LogP contribution in [0.3, 0.4) is 0 Å². The van der Waals surface area contributed by atoms with Crippen LogP contribution in [0.4, 0.5) is 5.69 Å². The Morgan fingerprint density at radius 2 is 2.19 bits per heavy atom. The average molecular weight is 302 g/mol. The van der Waals surface area contributed by atoms with Gasteiger partial charge in [0.15, 0.2) is 5.76 Å². The molecule has 2 aromatic rings. The number of carbonyl (C=O) groups excluding carboxylic acids is 2. The molecule has 2 saturated heterocycles. The van der Waals surface area contributed by atoms with Gasteiger partial charge in [0.2, 0.25) is 5.91 Å². The summed E-state index contributed by atoms with van der Waals surface area (Å²) < 4.78 is 5.15. The molecular formula is C15H14N2O3S. The van der Waals surface area contributed by atoms with Crippen molar-refractivity contribution in [2.24, 2.45) is 11.8 Å². The fourth-order valence-corrected chi connectivity index (χ4v) is 3.87. The van der Waals surface area contributed by atoms with Crippen molar-refractivity contribution in [3.05, 3.63) is 41.0 Å². The normalized spacial score (nSPS) is 24.7. The van der Waals surface area contributed by atoms with Gasteiger partial charge in [-0.1, -0.05) is 0 Å². The maximum atomic E-state index is 12.5. The molecule has 0 spiro atoms. The molecule has 2 amide bonds. The molecule has 2 fully saturated rings. The second-order valence-corrected chi connectivity index (χ2v) is 6.26. The molecule has 2 aliphatic heterocycles. The SMILES string of the molecule is O=C(c1ccco1)N1C[C@H]2CN(c3ccsc3)C(=O)[C@H]2C1. The first-order valence-electron chi connectivity index (χ1n) is 6.90. The van der Waals surface area contributed by atoms with Gasteiger partial charge in [0.25, 0.3) is 5.91 Å². The molecule has 0 radical (unpaired) electrons. The highest BCUT2D eigenvalue weighted by atomic mass is 32.1. The highest BCUT2D eigenvalue weighted by molar-refractivity contribution is 7.08. The Bertz CT molecular complexity index is 665. The van der Waals surface area contributed by atoms with E-state index in [1.54, 1.807) is 28.4 Å². The van der Waals surface area contributed by atoms with Crippen LogP contribution in [0.15, 0.2) is 39.6 Å². The summed E-state index contributed by atoms with van der Waals surface area (Å²) in [5, 5.41) is 3.97. The molecule has 4 heterocycles. The lowest BCUT2D eigenvalue weighted by Gasteiger charge is -2.20. The summed E-state index contributed by atoms with van der Waals surface area (Å²) in [5.74, 6) is 0.495. The van der Waals surface area contributed by atoms with E-state index in [0.717, 1.165) is 5.69 Å². The molecule has 2 aliphatic rings. The van der Waals surface area contributed by atoms with Gasteiger partial charge in [0, 0.05) is 30.9 Å². The number of fused-ring (bicyclic) bond motifs is 1. The van der Waals surface area contributed by atoms with Crippen LogP contribution in [-0.2, 0) is 4.79 Å². The number of furan rings is 1. The van der Waals surface area contributed by atoms with Crippen LogP contribution >= 0.6 is 11.3 Å². The summed E-state index contributed by atoms with van der Waals surface area (Å²) in [6, 6.07) is 5.33. The first-order chi connectivity index (χ1) is 10.2. The number of carbonyl (C=O) groups is 2. The zero-order chi connectivity index (χ0) is 14.4. The Morgan fingerprint density at radius 1 is 1.29 bits per heavy atom. The number of hydrogen-bond donors (Lipinski definition) is 0. The lowest BCUT2D eigenvalue weighted by molar-refractivity contribution is -0.120. The van der Waals surface area contributed by atoms with E-state index >= 15 is 0 Å². The summed E-state index contributed by atoms with van der Waals surface area (Å²) in [5.41, 5.74) is 0.975. The number of likely N-dealkylation sites (tertiary alicyclic amines) is 1. The van der Waals surface area contributed by atoms with Crippen molar-refractivity contribution in [3.63, 3.8) is 0 Å². The number of hydrogen-bond acceptors (Lipinski definition) is 4. The lowest BCUT2D eigenvalue weighted by Crippen LogP contribution is -2.35. The van der Waals surface area contributed by atoms with Gasteiger partial charge in [-0.15, -0.1) is 0 Å². The first-order valence-corrected chi connectivity index (χ1v) is 7.84. The van der Waals surface area contributed by atoms with Gasteiger partial charge in [-0.3, -0.25) is 9.59 Å². The molecule has 0 aromatic carbocycles. The Labute approximate surface area is 125 Å². The van der Waals surface area contributed by atoms with Gasteiger partial charge in [0.1, 0.15) is 0 Å². The fraction of sp³-hybridized carbons (Fsp3) is 0.333. The minimum Gasteiger partial charge on any atom is -0.459 e. The zero-order valence-electron chi connectivity index (χ0n) is 11.3. The van der Waals surface area contributed by atoms with Crippen molar-refractivity contribution in [1.82, 2.24) is 4.90 Å². The van der Waals surface area contributed by atoms with Crippen molar-refractivity contribution in [1.29, 1.82) is 0 Å². The van der Waals surface area contributed by atoms with Crippen molar-refractivity contribution in [2.45, 2.75) is 0 Å². The summed E-state index contributed by atoms with van der Waals surface area (Å²) >= 11 is 1.59. The van der Waals surface area contributed by atoms with Gasteiger partial charge >= 0.3 is 0 Å². The van der Waals surface area contributed by atoms with Crippen molar-refractivity contribution in [3.8, 4) is 0 Å². The summed E-state index contributed by atoms with van der Waals surface area (Å²) in [7, 11) is 0. The van der Waals surface area contributed by atoms with Gasteiger partial charge in [-0.05, 0) is 23.6 Å². The highest BCUT2D eigenvalue weighted by Crippen LogP contribution is 2.36. The molecule has 108 valence electrons. The monoisotopic (exact) mass is 302 g/mol. The van der Waals surface area contributed by atoms with Crippen LogP contribution in [0, 0.1) is 11.8 Å². The molecule has 0 N–H and O–H groups in total. The third-order valence-electron chi connectivity index (χ3n) is 4.28. The number of thiophene rings is 1. The smallest absolute Gasteiger partial charge is 0.289 e. The van der Waals surface area contributed by atoms with E-state index in [1.807, 2.05) is 21.7 Å². The average Bonchev–Trinajstić information content (AvgIpc) is 3.25. The Kier molecular flexibility index (Phi) is 2.85. The van der Waals surface area contributed by atoms with E-state index in [1.165, 1.54) is 6.26 Å². The topological polar surface area (TPSA) is 53.8 Å². The van der Waals surface area contributed by atoms with E-state index < -0.39 is 0 Å². The number of anilines is 1.